The van der Waals surface area contributed by atoms with Crippen molar-refractivity contribution in [1.82, 2.24) is 0 Å². The highest BCUT2D eigenvalue weighted by Gasteiger charge is 2.38. The number of hydrogen-bond donors (Lipinski definition) is 1. The second kappa shape index (κ2) is 20.6. The zero-order valence-corrected chi connectivity index (χ0v) is 47.0. The van der Waals surface area contributed by atoms with Crippen LogP contribution in [0.15, 0.2) is 261 Å². The van der Waals surface area contributed by atoms with Crippen molar-refractivity contribution in [3.8, 4) is 55.6 Å². The Balaban J connectivity index is 0.000000155. The quantitative estimate of drug-likeness (QED) is 0.174. The molecule has 0 heterocycles. The molecule has 0 aromatic heterocycles. The van der Waals surface area contributed by atoms with E-state index < -0.39 is 0 Å². The molecule has 0 aliphatic heterocycles. The topological polar surface area (TPSA) is 29.3 Å². The van der Waals surface area contributed by atoms with E-state index in [4.69, 9.17) is 17.3 Å². The largest absolute Gasteiger partial charge is 0.399 e. The van der Waals surface area contributed by atoms with Crippen LogP contribution in [0.4, 0.5) is 22.7 Å². The summed E-state index contributed by atoms with van der Waals surface area (Å²) in [7, 11) is 0. The molecule has 0 saturated carbocycles. The summed E-state index contributed by atoms with van der Waals surface area (Å²) < 4.78 is 0. The molecule has 0 saturated heterocycles. The van der Waals surface area contributed by atoms with Crippen molar-refractivity contribution in [2.45, 2.75) is 65.2 Å². The Labute approximate surface area is 483 Å². The zero-order chi connectivity index (χ0) is 54.9. The van der Waals surface area contributed by atoms with Gasteiger partial charge in [0.1, 0.15) is 0 Å². The average Bonchev–Trinajstić information content (AvgIpc) is 4.22. The maximum atomic E-state index is 6.09. The van der Waals surface area contributed by atoms with Crippen molar-refractivity contribution >= 4 is 55.9 Å². The Kier molecular flexibility index (Phi) is 13.4. The predicted octanol–water partition coefficient (Wildman–Crippen LogP) is 22.0. The van der Waals surface area contributed by atoms with E-state index in [-0.39, 0.29) is 23.7 Å². The number of halogens is 1. The van der Waals surface area contributed by atoms with Crippen LogP contribution in [0, 0.1) is 0 Å². The molecule has 3 aliphatic carbocycles. The van der Waals surface area contributed by atoms with Gasteiger partial charge in [0.25, 0.3) is 0 Å². The van der Waals surface area contributed by atoms with E-state index in [2.05, 4.69) is 289 Å². The first kappa shape index (κ1) is 52.7. The van der Waals surface area contributed by atoms with Gasteiger partial charge in [-0.25, -0.2) is 0 Å². The lowest BCUT2D eigenvalue weighted by Gasteiger charge is -2.30. The van der Waals surface area contributed by atoms with Gasteiger partial charge in [0.05, 0.1) is 0 Å². The number of benzene rings is 12. The van der Waals surface area contributed by atoms with E-state index in [0.717, 1.165) is 16.4 Å². The number of nitrogens with two attached hydrogens (primary N) is 1. The highest BCUT2D eigenvalue weighted by atomic mass is 35.5. The number of nitrogen functional groups attached to an aromatic ring is 1. The van der Waals surface area contributed by atoms with Crippen molar-refractivity contribution in [2.24, 2.45) is 0 Å². The smallest absolute Gasteiger partial charge is 0.0465 e. The van der Waals surface area contributed by atoms with Crippen molar-refractivity contribution in [3.05, 3.63) is 299 Å². The minimum atomic E-state index is -0.0760. The number of fused-ring (bicyclic) bond motifs is 11. The molecule has 0 fully saturated rings. The number of rotatable bonds is 5. The Hall–Kier alpha value is -8.95. The summed E-state index contributed by atoms with van der Waals surface area (Å²) in [4.78, 5) is 2.45. The van der Waals surface area contributed by atoms with Crippen molar-refractivity contribution < 1.29 is 0 Å². The first-order valence-electron chi connectivity index (χ1n) is 27.9. The SMILES string of the molecule is C.CC1(C)c2ccccc2-c2ccc(Cl)cc21.CC1(C)c2ccccc2-c2ccc(N(c3ccc(-c4cccc5ccccc45)cc3)c3ccc4c(c3)C(C)(C)c3ccccc3-4)cc21.Nc1ccc(-c2cccc3ccccc23)cc1. The summed E-state index contributed by atoms with van der Waals surface area (Å²) in [6, 6.07) is 93.9. The lowest BCUT2D eigenvalue weighted by Crippen LogP contribution is -2.18. The lowest BCUT2D eigenvalue weighted by molar-refractivity contribution is 0.660. The van der Waals surface area contributed by atoms with Gasteiger partial charge in [0, 0.05) is 44.0 Å². The molecule has 3 aliphatic rings. The van der Waals surface area contributed by atoms with E-state index >= 15 is 0 Å². The molecule has 81 heavy (non-hydrogen) atoms. The molecular formula is C78H67ClN2. The molecule has 396 valence electrons. The van der Waals surface area contributed by atoms with Crippen LogP contribution in [0.25, 0.3) is 77.2 Å². The molecule has 2 nitrogen and oxygen atoms in total. The molecule has 0 atom stereocenters. The normalized spacial score (nSPS) is 13.9. The second-order valence-electron chi connectivity index (χ2n) is 23.2. The summed E-state index contributed by atoms with van der Waals surface area (Å²) >= 11 is 6.09. The van der Waals surface area contributed by atoms with Crippen LogP contribution in [0.2, 0.25) is 5.02 Å². The maximum absolute atomic E-state index is 6.09. The van der Waals surface area contributed by atoms with Gasteiger partial charge in [-0.15, -0.1) is 0 Å². The third-order valence-electron chi connectivity index (χ3n) is 17.4. The van der Waals surface area contributed by atoms with Gasteiger partial charge in [-0.05, 0) is 171 Å². The van der Waals surface area contributed by atoms with E-state index in [1.54, 1.807) is 0 Å². The molecular weight excluding hydrogens is 1000 g/mol. The Morgan fingerprint density at radius 2 is 0.617 bits per heavy atom. The first-order valence-corrected chi connectivity index (χ1v) is 28.3. The fraction of sp³-hybridized carbons (Fsp3) is 0.128. The Bertz CT molecular complexity index is 4230. The summed E-state index contributed by atoms with van der Waals surface area (Å²) in [5.74, 6) is 0. The van der Waals surface area contributed by atoms with Gasteiger partial charge < -0.3 is 10.6 Å². The fourth-order valence-electron chi connectivity index (χ4n) is 13.2. The van der Waals surface area contributed by atoms with Crippen LogP contribution >= 0.6 is 11.6 Å². The van der Waals surface area contributed by atoms with E-state index in [1.807, 2.05) is 18.2 Å². The van der Waals surface area contributed by atoms with Crippen LogP contribution in [0.1, 0.15) is 82.3 Å². The third kappa shape index (κ3) is 9.09. The minimum absolute atomic E-state index is 0. The molecule has 12 aromatic rings. The molecule has 12 aromatic carbocycles. The van der Waals surface area contributed by atoms with Crippen LogP contribution in [0.5, 0.6) is 0 Å². The molecule has 3 heteroatoms. The number of hydrogen-bond acceptors (Lipinski definition) is 2. The van der Waals surface area contributed by atoms with Crippen LogP contribution in [-0.2, 0) is 16.2 Å². The highest BCUT2D eigenvalue weighted by Crippen LogP contribution is 2.54. The minimum Gasteiger partial charge on any atom is -0.399 e. The van der Waals surface area contributed by atoms with Crippen LogP contribution in [-0.4, -0.2) is 0 Å². The second-order valence-corrected chi connectivity index (χ2v) is 23.7. The molecule has 0 radical (unpaired) electrons. The van der Waals surface area contributed by atoms with Crippen LogP contribution in [0.3, 0.4) is 0 Å². The highest BCUT2D eigenvalue weighted by molar-refractivity contribution is 6.30. The number of anilines is 4. The molecule has 0 bridgehead atoms. The maximum Gasteiger partial charge on any atom is 0.0465 e. The molecule has 0 amide bonds. The van der Waals surface area contributed by atoms with Gasteiger partial charge in [0.15, 0.2) is 0 Å². The van der Waals surface area contributed by atoms with Crippen molar-refractivity contribution in [1.29, 1.82) is 0 Å². The van der Waals surface area contributed by atoms with E-state index in [1.165, 1.54) is 122 Å². The predicted molar refractivity (Wildman–Crippen MR) is 349 cm³/mol. The first-order chi connectivity index (χ1) is 38.8. The molecule has 2 N–H and O–H groups in total. The molecule has 0 unspecified atom stereocenters. The summed E-state index contributed by atoms with van der Waals surface area (Å²) in [6.07, 6.45) is 0. The van der Waals surface area contributed by atoms with Gasteiger partial charge in [-0.3, -0.25) is 0 Å². The third-order valence-corrected chi connectivity index (χ3v) is 17.7. The molecule has 0 spiro atoms. The average molecular weight is 1070 g/mol. The summed E-state index contributed by atoms with van der Waals surface area (Å²) in [6.45, 7) is 14.0. The standard InChI is InChI=1S/C46H37N.C16H13N.C15H13Cl.CH4/c1-45(2)41-18-9-7-15-37(41)39-26-24-33(28-43(39)45)47(34-25-27-40-38-16-8-10-19-42(38)46(3,4)44(40)29-34)32-22-20-31(21-23-32)36-17-11-13-30-12-5-6-14-35(30)36;17-14-10-8-13(9-11-14)16-7-3-5-12-4-1-2-6-15(12)16;1-15(2)13-6-4-3-5-11(13)12-8-7-10(16)9-14(12)15;/h5-29H,1-4H3;1-11H,17H2;3-9H,1-2H3;1H4. The summed E-state index contributed by atoms with van der Waals surface area (Å²) in [5.41, 5.74) is 31.2. The van der Waals surface area contributed by atoms with Gasteiger partial charge in [-0.1, -0.05) is 261 Å². The summed E-state index contributed by atoms with van der Waals surface area (Å²) in [5, 5.41) is 5.90. The zero-order valence-electron chi connectivity index (χ0n) is 46.2. The van der Waals surface area contributed by atoms with Crippen molar-refractivity contribution in [3.63, 3.8) is 0 Å². The molecule has 15 rings (SSSR count). The fourth-order valence-corrected chi connectivity index (χ4v) is 13.4. The van der Waals surface area contributed by atoms with Crippen LogP contribution < -0.4 is 10.6 Å². The lowest BCUT2D eigenvalue weighted by atomic mass is 9.82. The Morgan fingerprint density at radius 1 is 0.296 bits per heavy atom. The van der Waals surface area contributed by atoms with E-state index in [0.29, 0.717) is 0 Å². The van der Waals surface area contributed by atoms with Gasteiger partial charge in [0.2, 0.25) is 0 Å². The van der Waals surface area contributed by atoms with Crippen molar-refractivity contribution in [2.75, 3.05) is 10.6 Å². The van der Waals surface area contributed by atoms with Gasteiger partial charge in [-0.2, -0.15) is 0 Å². The Morgan fingerprint density at radius 3 is 1.06 bits per heavy atom. The van der Waals surface area contributed by atoms with Gasteiger partial charge >= 0.3 is 0 Å². The number of nitrogens with zero attached hydrogens (tertiary/aromatic N) is 1. The monoisotopic (exact) mass is 1070 g/mol. The van der Waals surface area contributed by atoms with E-state index in [9.17, 15) is 0 Å².